The molecule has 0 unspecified atom stereocenters. The molecule has 0 bridgehead atoms. The highest BCUT2D eigenvalue weighted by atomic mass is 31.2. The van der Waals surface area contributed by atoms with Gasteiger partial charge in [-0.3, -0.25) is 4.79 Å². The highest BCUT2D eigenvalue weighted by Crippen LogP contribution is 2.56. The predicted octanol–water partition coefficient (Wildman–Crippen LogP) is 4.25. The van der Waals surface area contributed by atoms with E-state index in [9.17, 15) is 4.79 Å². The molecule has 4 heteroatoms. The van der Waals surface area contributed by atoms with Crippen LogP contribution in [0, 0.1) is 0 Å². The first-order valence-electron chi connectivity index (χ1n) is 10.0. The summed E-state index contributed by atoms with van der Waals surface area (Å²) in [5.41, 5.74) is 1.26. The Morgan fingerprint density at radius 1 is 0.759 bits per heavy atom. The highest BCUT2D eigenvalue weighted by Gasteiger charge is 2.48. The number of hydrogen-bond donors (Lipinski definition) is 1. The Labute approximate surface area is 174 Å². The van der Waals surface area contributed by atoms with Crippen LogP contribution in [-0.4, -0.2) is 29.8 Å². The first-order valence-corrected chi connectivity index (χ1v) is 11.8. The van der Waals surface area contributed by atoms with Crippen molar-refractivity contribution in [2.75, 3.05) is 14.1 Å². The number of carbonyl (C=O) groups is 1. The number of unbranched alkanes of at least 4 members (excludes halogenated alkanes) is 1. The Hall–Kier alpha value is -2.48. The molecule has 3 rings (SSSR count). The number of hydrogen-bond acceptors (Lipinski definition) is 2. The number of aryl methyl sites for hydroxylation is 1. The van der Waals surface area contributed by atoms with Gasteiger partial charge in [-0.2, -0.15) is 4.67 Å². The van der Waals surface area contributed by atoms with E-state index in [1.165, 1.54) is 21.5 Å². The lowest BCUT2D eigenvalue weighted by atomic mass is 10.1. The van der Waals surface area contributed by atoms with Crippen LogP contribution in [0.15, 0.2) is 84.9 Å². The van der Waals surface area contributed by atoms with Crippen LogP contribution in [-0.2, 0) is 11.2 Å². The maximum Gasteiger partial charge on any atom is 0.303 e. The molecule has 0 amide bonds. The van der Waals surface area contributed by atoms with Crippen LogP contribution in [0.25, 0.3) is 0 Å². The quantitative estimate of drug-likeness (QED) is 0.427. The van der Waals surface area contributed by atoms with Crippen LogP contribution in [0.2, 0.25) is 0 Å². The summed E-state index contributed by atoms with van der Waals surface area (Å²) in [6.07, 6.45) is 2.78. The third-order valence-corrected chi connectivity index (χ3v) is 9.61. The summed E-state index contributed by atoms with van der Waals surface area (Å²) in [7, 11) is 2.41. The van der Waals surface area contributed by atoms with Crippen molar-refractivity contribution in [3.63, 3.8) is 0 Å². The van der Waals surface area contributed by atoms with Gasteiger partial charge < -0.3 is 5.11 Å². The van der Waals surface area contributed by atoms with Gasteiger partial charge in [0.2, 0.25) is 0 Å². The Balaban J connectivity index is 1.98. The molecule has 3 aromatic rings. The molecule has 3 aromatic carbocycles. The second kappa shape index (κ2) is 9.82. The normalized spacial score (nSPS) is 11.6. The van der Waals surface area contributed by atoms with Gasteiger partial charge in [0, 0.05) is 20.5 Å². The molecule has 0 radical (unpaired) electrons. The van der Waals surface area contributed by atoms with Crippen LogP contribution in [0.5, 0.6) is 0 Å². The largest absolute Gasteiger partial charge is 0.481 e. The van der Waals surface area contributed by atoms with E-state index in [1.807, 2.05) is 0 Å². The van der Waals surface area contributed by atoms with Crippen molar-refractivity contribution in [1.82, 2.24) is 4.67 Å². The van der Waals surface area contributed by atoms with Crippen molar-refractivity contribution in [3.8, 4) is 0 Å². The molecule has 0 fully saturated rings. The fourth-order valence-corrected chi connectivity index (χ4v) is 7.98. The maximum atomic E-state index is 10.7. The number of carboxylic acids is 1. The Morgan fingerprint density at radius 2 is 1.24 bits per heavy atom. The third-order valence-electron chi connectivity index (χ3n) is 5.28. The van der Waals surface area contributed by atoms with Crippen LogP contribution < -0.4 is 15.9 Å². The van der Waals surface area contributed by atoms with E-state index in [4.69, 9.17) is 5.11 Å². The number of rotatable bonds is 9. The van der Waals surface area contributed by atoms with Crippen LogP contribution >= 0.6 is 7.41 Å². The van der Waals surface area contributed by atoms with Gasteiger partial charge in [0.1, 0.15) is 15.9 Å². The zero-order chi connectivity index (χ0) is 20.7. The van der Waals surface area contributed by atoms with Gasteiger partial charge in [0.15, 0.2) is 7.41 Å². The van der Waals surface area contributed by atoms with E-state index < -0.39 is 13.4 Å². The Morgan fingerprint density at radius 3 is 1.69 bits per heavy atom. The van der Waals surface area contributed by atoms with Gasteiger partial charge in [-0.1, -0.05) is 48.5 Å². The van der Waals surface area contributed by atoms with E-state index in [2.05, 4.69) is 104 Å². The summed E-state index contributed by atoms with van der Waals surface area (Å²) in [5.74, 6) is -0.716. The van der Waals surface area contributed by atoms with Crippen molar-refractivity contribution in [1.29, 1.82) is 0 Å². The average molecular weight is 406 g/mol. The molecule has 0 aliphatic heterocycles. The molecule has 0 aliphatic carbocycles. The van der Waals surface area contributed by atoms with Crippen LogP contribution in [0.4, 0.5) is 0 Å². The molecular weight excluding hydrogens is 377 g/mol. The smallest absolute Gasteiger partial charge is 0.303 e. The van der Waals surface area contributed by atoms with Crippen molar-refractivity contribution in [2.45, 2.75) is 25.7 Å². The monoisotopic (exact) mass is 406 g/mol. The second-order valence-corrected chi connectivity index (χ2v) is 11.0. The maximum absolute atomic E-state index is 10.7. The van der Waals surface area contributed by atoms with Crippen LogP contribution in [0.3, 0.4) is 0 Å². The van der Waals surface area contributed by atoms with Crippen molar-refractivity contribution < 1.29 is 9.90 Å². The molecule has 0 saturated carbocycles. The van der Waals surface area contributed by atoms with Crippen LogP contribution in [0.1, 0.15) is 24.8 Å². The van der Waals surface area contributed by atoms with E-state index in [1.54, 1.807) is 0 Å². The van der Waals surface area contributed by atoms with Crippen molar-refractivity contribution in [2.24, 2.45) is 0 Å². The standard InChI is InChI=1S/C25H28NO2P/c1-26(2)29(22-12-5-3-6-13-22,23-14-7-4-8-15-23)24-19-17-21(18-20-24)11-9-10-16-25(27)28/h3-8,12-15,17-20H,9-11,16H2,1-2H3/p+1. The van der Waals surface area contributed by atoms with Gasteiger partial charge >= 0.3 is 5.97 Å². The molecule has 29 heavy (non-hydrogen) atoms. The number of carboxylic acid groups (broad SMARTS) is 1. The molecule has 0 aromatic heterocycles. The summed E-state index contributed by atoms with van der Waals surface area (Å²) in [6.45, 7) is 0. The fraction of sp³-hybridized carbons (Fsp3) is 0.240. The Bertz CT molecular complexity index is 869. The lowest BCUT2D eigenvalue weighted by Gasteiger charge is -2.32. The molecule has 0 atom stereocenters. The van der Waals surface area contributed by atoms with Gasteiger partial charge in [-0.05, 0) is 61.2 Å². The van der Waals surface area contributed by atoms with E-state index in [0.717, 1.165) is 19.3 Å². The van der Waals surface area contributed by atoms with Gasteiger partial charge in [-0.15, -0.1) is 0 Å². The average Bonchev–Trinajstić information content (AvgIpc) is 2.74. The molecule has 3 nitrogen and oxygen atoms in total. The van der Waals surface area contributed by atoms with Crippen molar-refractivity contribution in [3.05, 3.63) is 90.5 Å². The first-order chi connectivity index (χ1) is 14.0. The number of nitrogens with zero attached hydrogens (tertiary/aromatic N) is 1. The van der Waals surface area contributed by atoms with E-state index >= 15 is 0 Å². The highest BCUT2D eigenvalue weighted by molar-refractivity contribution is 7.93. The first kappa shape index (κ1) is 21.2. The minimum Gasteiger partial charge on any atom is -0.481 e. The fourth-order valence-electron chi connectivity index (χ4n) is 3.91. The summed E-state index contributed by atoms with van der Waals surface area (Å²) in [6, 6.07) is 30.5. The lowest BCUT2D eigenvalue weighted by molar-refractivity contribution is -0.137. The molecule has 0 heterocycles. The summed E-state index contributed by atoms with van der Waals surface area (Å²) in [5, 5.41) is 12.8. The predicted molar refractivity (Wildman–Crippen MR) is 124 cm³/mol. The molecule has 1 N–H and O–H groups in total. The third kappa shape index (κ3) is 4.75. The minimum atomic E-state index is -1.93. The zero-order valence-corrected chi connectivity index (χ0v) is 18.1. The topological polar surface area (TPSA) is 40.5 Å². The van der Waals surface area contributed by atoms with E-state index in [0.29, 0.717) is 0 Å². The summed E-state index contributed by atoms with van der Waals surface area (Å²) >= 11 is 0. The molecular formula is C25H29NO2P+. The zero-order valence-electron chi connectivity index (χ0n) is 17.2. The lowest BCUT2D eigenvalue weighted by Crippen LogP contribution is -2.39. The minimum absolute atomic E-state index is 0.245. The second-order valence-electron chi connectivity index (χ2n) is 7.42. The van der Waals surface area contributed by atoms with E-state index in [-0.39, 0.29) is 6.42 Å². The molecule has 150 valence electrons. The molecule has 0 aliphatic rings. The van der Waals surface area contributed by atoms with Gasteiger partial charge in [0.05, 0.1) is 0 Å². The molecule has 0 saturated heterocycles. The summed E-state index contributed by atoms with van der Waals surface area (Å²) in [4.78, 5) is 10.7. The van der Waals surface area contributed by atoms with Crippen molar-refractivity contribution >= 4 is 29.3 Å². The number of benzene rings is 3. The summed E-state index contributed by atoms with van der Waals surface area (Å²) < 4.78 is 2.39. The number of aliphatic carboxylic acids is 1. The van der Waals surface area contributed by atoms with Gasteiger partial charge in [-0.25, -0.2) is 0 Å². The SMILES string of the molecule is CN(C)[P+](c1ccccc1)(c1ccccc1)c1ccc(CCCCC(=O)O)cc1. The van der Waals surface area contributed by atoms with Gasteiger partial charge in [0.25, 0.3) is 0 Å². The Kier molecular flexibility index (Phi) is 7.19. The molecule has 0 spiro atoms.